The van der Waals surface area contributed by atoms with Gasteiger partial charge in [-0.3, -0.25) is 9.59 Å². The Balaban J connectivity index is 1.89. The Morgan fingerprint density at radius 1 is 1.35 bits per heavy atom. The van der Waals surface area contributed by atoms with Gasteiger partial charge in [0.05, 0.1) is 6.54 Å². The highest BCUT2D eigenvalue weighted by Crippen LogP contribution is 2.28. The van der Waals surface area contributed by atoms with Gasteiger partial charge in [0.2, 0.25) is 5.91 Å². The predicted octanol–water partition coefficient (Wildman–Crippen LogP) is 1.82. The van der Waals surface area contributed by atoms with Crippen LogP contribution in [0, 0.1) is 5.92 Å². The van der Waals surface area contributed by atoms with E-state index in [1.165, 1.54) is 4.68 Å². The van der Waals surface area contributed by atoms with Crippen LogP contribution in [0.15, 0.2) is 24.3 Å². The Kier molecular flexibility index (Phi) is 4.29. The second kappa shape index (κ2) is 6.37. The number of anilines is 1. The van der Waals surface area contributed by atoms with E-state index < -0.39 is 5.91 Å². The van der Waals surface area contributed by atoms with E-state index in [9.17, 15) is 9.59 Å². The van der Waals surface area contributed by atoms with Gasteiger partial charge in [0.15, 0.2) is 11.5 Å². The maximum atomic E-state index is 12.2. The molecule has 1 heterocycles. The third kappa shape index (κ3) is 3.19. The SMILES string of the molecule is NC(=O)c1nnn(Cc2ccccc2Cl)c1NC(=O)C1CCC1. The van der Waals surface area contributed by atoms with E-state index in [1.807, 2.05) is 18.2 Å². The number of benzene rings is 1. The minimum absolute atomic E-state index is 0.0283. The molecule has 3 N–H and O–H groups in total. The quantitative estimate of drug-likeness (QED) is 0.871. The molecular formula is C15H16ClN5O2. The van der Waals surface area contributed by atoms with Crippen LogP contribution in [0.3, 0.4) is 0 Å². The van der Waals surface area contributed by atoms with Crippen molar-refractivity contribution in [2.45, 2.75) is 25.8 Å². The van der Waals surface area contributed by atoms with E-state index in [0.29, 0.717) is 5.02 Å². The van der Waals surface area contributed by atoms with Crippen LogP contribution in [0.2, 0.25) is 5.02 Å². The van der Waals surface area contributed by atoms with E-state index in [-0.39, 0.29) is 29.9 Å². The number of amides is 2. The molecule has 0 aliphatic heterocycles. The normalized spacial score (nSPS) is 14.3. The average Bonchev–Trinajstić information content (AvgIpc) is 2.82. The Bertz CT molecular complexity index is 754. The Labute approximate surface area is 137 Å². The van der Waals surface area contributed by atoms with Gasteiger partial charge in [0, 0.05) is 10.9 Å². The Morgan fingerprint density at radius 3 is 2.70 bits per heavy atom. The van der Waals surface area contributed by atoms with Crippen molar-refractivity contribution in [1.29, 1.82) is 0 Å². The summed E-state index contributed by atoms with van der Waals surface area (Å²) in [6.45, 7) is 0.278. The molecule has 1 fully saturated rings. The van der Waals surface area contributed by atoms with Gasteiger partial charge in [-0.05, 0) is 24.5 Å². The summed E-state index contributed by atoms with van der Waals surface area (Å²) in [5, 5.41) is 11.0. The second-order valence-corrected chi connectivity index (χ2v) is 5.92. The number of carbonyl (C=O) groups excluding carboxylic acids is 2. The molecule has 1 saturated carbocycles. The predicted molar refractivity (Wildman–Crippen MR) is 85.1 cm³/mol. The van der Waals surface area contributed by atoms with Crippen LogP contribution in [-0.4, -0.2) is 26.8 Å². The van der Waals surface area contributed by atoms with Crippen molar-refractivity contribution in [3.8, 4) is 0 Å². The molecule has 2 amide bonds. The maximum Gasteiger partial charge on any atom is 0.273 e. The Morgan fingerprint density at radius 2 is 2.09 bits per heavy atom. The lowest BCUT2D eigenvalue weighted by molar-refractivity contribution is -0.122. The first-order valence-electron chi connectivity index (χ1n) is 7.34. The van der Waals surface area contributed by atoms with Gasteiger partial charge in [0.1, 0.15) is 0 Å². The van der Waals surface area contributed by atoms with Crippen molar-refractivity contribution in [3.05, 3.63) is 40.5 Å². The van der Waals surface area contributed by atoms with E-state index >= 15 is 0 Å². The summed E-state index contributed by atoms with van der Waals surface area (Å²) in [7, 11) is 0. The molecule has 1 aromatic carbocycles. The molecule has 1 aromatic heterocycles. The highest BCUT2D eigenvalue weighted by Gasteiger charge is 2.28. The number of halogens is 1. The molecule has 0 bridgehead atoms. The summed E-state index contributed by atoms with van der Waals surface area (Å²) < 4.78 is 1.43. The number of nitrogens with one attached hydrogen (secondary N) is 1. The zero-order valence-electron chi connectivity index (χ0n) is 12.3. The van der Waals surface area contributed by atoms with Crippen molar-refractivity contribution in [2.24, 2.45) is 11.7 Å². The molecule has 0 radical (unpaired) electrons. The smallest absolute Gasteiger partial charge is 0.273 e. The van der Waals surface area contributed by atoms with E-state index in [1.54, 1.807) is 6.07 Å². The number of rotatable bonds is 5. The number of nitrogens with zero attached hydrogens (tertiary/aromatic N) is 3. The number of nitrogens with two attached hydrogens (primary N) is 1. The number of hydrogen-bond donors (Lipinski definition) is 2. The minimum atomic E-state index is -0.737. The zero-order valence-corrected chi connectivity index (χ0v) is 13.1. The number of aromatic nitrogens is 3. The Hall–Kier alpha value is -2.41. The number of primary amides is 1. The second-order valence-electron chi connectivity index (χ2n) is 5.52. The standard InChI is InChI=1S/C15H16ClN5O2/c16-11-7-2-1-4-10(11)8-21-14(12(13(17)22)19-20-21)18-15(23)9-5-3-6-9/h1-2,4,7,9H,3,5-6,8H2,(H2,17,22)(H,18,23). The molecule has 120 valence electrons. The molecule has 0 saturated heterocycles. The lowest BCUT2D eigenvalue weighted by atomic mass is 9.85. The van der Waals surface area contributed by atoms with Crippen molar-refractivity contribution in [3.63, 3.8) is 0 Å². The molecule has 8 heteroatoms. The van der Waals surface area contributed by atoms with Crippen LogP contribution in [0.1, 0.15) is 35.3 Å². The number of hydrogen-bond acceptors (Lipinski definition) is 4. The fraction of sp³-hybridized carbons (Fsp3) is 0.333. The minimum Gasteiger partial charge on any atom is -0.364 e. The van der Waals surface area contributed by atoms with Gasteiger partial charge >= 0.3 is 0 Å². The summed E-state index contributed by atoms with van der Waals surface area (Å²) in [5.41, 5.74) is 6.07. The van der Waals surface area contributed by atoms with Crippen LogP contribution >= 0.6 is 11.6 Å². The van der Waals surface area contributed by atoms with Gasteiger partial charge in [-0.25, -0.2) is 4.68 Å². The largest absolute Gasteiger partial charge is 0.364 e. The van der Waals surface area contributed by atoms with Gasteiger partial charge in [-0.15, -0.1) is 5.10 Å². The molecule has 0 atom stereocenters. The molecule has 7 nitrogen and oxygen atoms in total. The molecule has 0 unspecified atom stereocenters. The van der Waals surface area contributed by atoms with Crippen molar-refractivity contribution in [2.75, 3.05) is 5.32 Å². The van der Waals surface area contributed by atoms with E-state index in [2.05, 4.69) is 15.6 Å². The van der Waals surface area contributed by atoms with Crippen LogP contribution in [-0.2, 0) is 11.3 Å². The molecule has 0 spiro atoms. The topological polar surface area (TPSA) is 103 Å². The summed E-state index contributed by atoms with van der Waals surface area (Å²) in [4.78, 5) is 23.7. The molecule has 2 aromatic rings. The van der Waals surface area contributed by atoms with Crippen LogP contribution in [0.5, 0.6) is 0 Å². The first-order chi connectivity index (χ1) is 11.1. The fourth-order valence-corrected chi connectivity index (χ4v) is 2.59. The average molecular weight is 334 g/mol. The molecule has 1 aliphatic carbocycles. The third-order valence-corrected chi connectivity index (χ3v) is 4.33. The van der Waals surface area contributed by atoms with E-state index in [0.717, 1.165) is 24.8 Å². The zero-order chi connectivity index (χ0) is 16.4. The maximum absolute atomic E-state index is 12.2. The fourth-order valence-electron chi connectivity index (χ4n) is 2.39. The van der Waals surface area contributed by atoms with E-state index in [4.69, 9.17) is 17.3 Å². The van der Waals surface area contributed by atoms with Gasteiger partial charge in [0.25, 0.3) is 5.91 Å². The van der Waals surface area contributed by atoms with Crippen molar-refractivity contribution < 1.29 is 9.59 Å². The summed E-state index contributed by atoms with van der Waals surface area (Å²) in [6, 6.07) is 7.27. The lowest BCUT2D eigenvalue weighted by Crippen LogP contribution is -2.30. The van der Waals surface area contributed by atoms with Crippen LogP contribution < -0.4 is 11.1 Å². The molecule has 1 aliphatic rings. The first kappa shape index (κ1) is 15.5. The lowest BCUT2D eigenvalue weighted by Gasteiger charge is -2.24. The monoisotopic (exact) mass is 333 g/mol. The highest BCUT2D eigenvalue weighted by molar-refractivity contribution is 6.31. The highest BCUT2D eigenvalue weighted by atomic mass is 35.5. The summed E-state index contributed by atoms with van der Waals surface area (Å²) in [5.74, 6) is -0.686. The molecule has 3 rings (SSSR count). The summed E-state index contributed by atoms with van der Waals surface area (Å²) in [6.07, 6.45) is 2.74. The van der Waals surface area contributed by atoms with Gasteiger partial charge in [-0.2, -0.15) is 0 Å². The number of carbonyl (C=O) groups is 2. The molecular weight excluding hydrogens is 318 g/mol. The molecule has 23 heavy (non-hydrogen) atoms. The first-order valence-corrected chi connectivity index (χ1v) is 7.71. The van der Waals surface area contributed by atoms with Crippen molar-refractivity contribution in [1.82, 2.24) is 15.0 Å². The van der Waals surface area contributed by atoms with Gasteiger partial charge in [-0.1, -0.05) is 41.4 Å². The summed E-state index contributed by atoms with van der Waals surface area (Å²) >= 11 is 6.14. The van der Waals surface area contributed by atoms with Crippen LogP contribution in [0.4, 0.5) is 5.82 Å². The third-order valence-electron chi connectivity index (χ3n) is 3.96. The van der Waals surface area contributed by atoms with Crippen molar-refractivity contribution >= 4 is 29.2 Å². The van der Waals surface area contributed by atoms with Gasteiger partial charge < -0.3 is 11.1 Å². The van der Waals surface area contributed by atoms with Crippen LogP contribution in [0.25, 0.3) is 0 Å².